The van der Waals surface area contributed by atoms with E-state index >= 15 is 0 Å². The molecule has 2 atom stereocenters. The van der Waals surface area contributed by atoms with Crippen LogP contribution in [0.2, 0.25) is 0 Å². The molecule has 4 nitrogen and oxygen atoms in total. The highest BCUT2D eigenvalue weighted by Gasteiger charge is 2.20. The Balaban J connectivity index is 1.85. The number of hydrogen-bond donors (Lipinski definition) is 1. The normalized spacial score (nSPS) is 24.1. The second kappa shape index (κ2) is 7.50. The zero-order valence-electron chi connectivity index (χ0n) is 12.8. The first kappa shape index (κ1) is 15.1. The lowest BCUT2D eigenvalue weighted by Gasteiger charge is -2.28. The van der Waals surface area contributed by atoms with Crippen molar-refractivity contribution in [3.63, 3.8) is 0 Å². The van der Waals surface area contributed by atoms with Crippen molar-refractivity contribution in [2.45, 2.75) is 32.4 Å². The van der Waals surface area contributed by atoms with Gasteiger partial charge in [0.2, 0.25) is 0 Å². The third kappa shape index (κ3) is 4.12. The molecule has 1 aromatic rings. The zero-order valence-corrected chi connectivity index (χ0v) is 12.8. The van der Waals surface area contributed by atoms with Crippen molar-refractivity contribution in [1.29, 1.82) is 0 Å². The van der Waals surface area contributed by atoms with Gasteiger partial charge in [-0.1, -0.05) is 12.1 Å². The van der Waals surface area contributed by atoms with Gasteiger partial charge < -0.3 is 14.8 Å². The quantitative estimate of drug-likeness (QED) is 0.895. The van der Waals surface area contributed by atoms with E-state index in [0.717, 1.165) is 31.1 Å². The van der Waals surface area contributed by atoms with Crippen molar-refractivity contribution in [2.24, 2.45) is 0 Å². The summed E-state index contributed by atoms with van der Waals surface area (Å²) in [5, 5.41) is 3.53. The lowest BCUT2D eigenvalue weighted by Crippen LogP contribution is -2.40. The minimum atomic E-state index is 0.547. The van der Waals surface area contributed by atoms with Gasteiger partial charge in [0, 0.05) is 25.2 Å². The average Bonchev–Trinajstić information content (AvgIpc) is 2.61. The van der Waals surface area contributed by atoms with E-state index in [1.807, 2.05) is 24.3 Å². The van der Waals surface area contributed by atoms with Crippen LogP contribution in [0.5, 0.6) is 11.5 Å². The Morgan fingerprint density at radius 3 is 2.75 bits per heavy atom. The molecule has 0 radical (unpaired) electrons. The number of rotatable bonds is 5. The van der Waals surface area contributed by atoms with Gasteiger partial charge in [-0.05, 0) is 38.9 Å². The van der Waals surface area contributed by atoms with Crippen molar-refractivity contribution in [1.82, 2.24) is 10.2 Å². The van der Waals surface area contributed by atoms with E-state index in [9.17, 15) is 0 Å². The Labute approximate surface area is 122 Å². The molecule has 20 heavy (non-hydrogen) atoms. The van der Waals surface area contributed by atoms with Crippen LogP contribution >= 0.6 is 0 Å². The van der Waals surface area contributed by atoms with Crippen molar-refractivity contribution >= 4 is 0 Å². The SMILES string of the molecule is COc1ccccc1OCCN1CC(C)NCCC1C. The molecule has 0 bridgehead atoms. The van der Waals surface area contributed by atoms with Crippen molar-refractivity contribution in [3.8, 4) is 11.5 Å². The van der Waals surface area contributed by atoms with Crippen LogP contribution in [-0.4, -0.2) is 50.3 Å². The molecule has 2 unspecified atom stereocenters. The maximum Gasteiger partial charge on any atom is 0.161 e. The Hall–Kier alpha value is -1.26. The van der Waals surface area contributed by atoms with Gasteiger partial charge in [-0.3, -0.25) is 4.90 Å². The summed E-state index contributed by atoms with van der Waals surface area (Å²) in [4.78, 5) is 2.50. The van der Waals surface area contributed by atoms with Crippen molar-refractivity contribution in [3.05, 3.63) is 24.3 Å². The number of benzene rings is 1. The maximum atomic E-state index is 5.87. The Bertz CT molecular complexity index is 411. The summed E-state index contributed by atoms with van der Waals surface area (Å²) in [6.45, 7) is 8.36. The summed E-state index contributed by atoms with van der Waals surface area (Å²) in [5.41, 5.74) is 0. The third-order valence-electron chi connectivity index (χ3n) is 3.89. The van der Waals surface area contributed by atoms with Crippen LogP contribution in [0.15, 0.2) is 24.3 Å². The van der Waals surface area contributed by atoms with E-state index in [-0.39, 0.29) is 0 Å². The largest absolute Gasteiger partial charge is 0.493 e. The molecule has 1 saturated heterocycles. The number of methoxy groups -OCH3 is 1. The Morgan fingerprint density at radius 1 is 1.25 bits per heavy atom. The molecule has 0 saturated carbocycles. The lowest BCUT2D eigenvalue weighted by molar-refractivity contribution is 0.164. The minimum Gasteiger partial charge on any atom is -0.493 e. The van der Waals surface area contributed by atoms with Crippen LogP contribution in [0.3, 0.4) is 0 Å². The summed E-state index contributed by atoms with van der Waals surface area (Å²) in [5.74, 6) is 1.62. The van der Waals surface area contributed by atoms with Gasteiger partial charge >= 0.3 is 0 Å². The summed E-state index contributed by atoms with van der Waals surface area (Å²) in [6, 6.07) is 8.96. The second-order valence-corrected chi connectivity index (χ2v) is 5.49. The van der Waals surface area contributed by atoms with E-state index < -0.39 is 0 Å². The molecule has 0 amide bonds. The molecule has 1 aliphatic heterocycles. The number of nitrogens with zero attached hydrogens (tertiary/aromatic N) is 1. The third-order valence-corrected chi connectivity index (χ3v) is 3.89. The number of ether oxygens (including phenoxy) is 2. The molecule has 2 rings (SSSR count). The summed E-state index contributed by atoms with van der Waals surface area (Å²) in [7, 11) is 1.67. The summed E-state index contributed by atoms with van der Waals surface area (Å²) >= 11 is 0. The molecular weight excluding hydrogens is 252 g/mol. The topological polar surface area (TPSA) is 33.7 Å². The Kier molecular flexibility index (Phi) is 5.68. The highest BCUT2D eigenvalue weighted by atomic mass is 16.5. The molecule has 0 aliphatic carbocycles. The van der Waals surface area contributed by atoms with E-state index in [1.54, 1.807) is 7.11 Å². The van der Waals surface area contributed by atoms with Crippen LogP contribution in [0, 0.1) is 0 Å². The zero-order chi connectivity index (χ0) is 14.4. The predicted octanol–water partition coefficient (Wildman–Crippen LogP) is 2.15. The van der Waals surface area contributed by atoms with Gasteiger partial charge in [0.25, 0.3) is 0 Å². The molecule has 1 N–H and O–H groups in total. The van der Waals surface area contributed by atoms with Crippen LogP contribution in [0.25, 0.3) is 0 Å². The Morgan fingerprint density at radius 2 is 2.00 bits per heavy atom. The van der Waals surface area contributed by atoms with E-state index in [2.05, 4.69) is 24.1 Å². The van der Waals surface area contributed by atoms with E-state index in [1.165, 1.54) is 6.42 Å². The monoisotopic (exact) mass is 278 g/mol. The first-order chi connectivity index (χ1) is 9.70. The standard InChI is InChI=1S/C16H26N2O2/c1-13-12-18(14(2)8-9-17-13)10-11-20-16-7-5-4-6-15(16)19-3/h4-7,13-14,17H,8-12H2,1-3H3. The first-order valence-electron chi connectivity index (χ1n) is 7.44. The minimum absolute atomic E-state index is 0.547. The highest BCUT2D eigenvalue weighted by molar-refractivity contribution is 5.39. The molecule has 1 aromatic carbocycles. The summed E-state index contributed by atoms with van der Waals surface area (Å²) in [6.07, 6.45) is 1.19. The van der Waals surface area contributed by atoms with Crippen LogP contribution in [-0.2, 0) is 0 Å². The number of hydrogen-bond acceptors (Lipinski definition) is 4. The molecule has 112 valence electrons. The molecular formula is C16H26N2O2. The van der Waals surface area contributed by atoms with Gasteiger partial charge in [-0.15, -0.1) is 0 Å². The molecule has 1 aliphatic rings. The second-order valence-electron chi connectivity index (χ2n) is 5.49. The van der Waals surface area contributed by atoms with Gasteiger partial charge in [0.15, 0.2) is 11.5 Å². The maximum absolute atomic E-state index is 5.87. The fourth-order valence-corrected chi connectivity index (χ4v) is 2.64. The number of nitrogens with one attached hydrogen (secondary N) is 1. The van der Waals surface area contributed by atoms with Gasteiger partial charge in [0.05, 0.1) is 7.11 Å². The summed E-state index contributed by atoms with van der Waals surface area (Å²) < 4.78 is 11.2. The van der Waals surface area contributed by atoms with Crippen LogP contribution in [0.4, 0.5) is 0 Å². The van der Waals surface area contributed by atoms with Crippen LogP contribution in [0.1, 0.15) is 20.3 Å². The van der Waals surface area contributed by atoms with Crippen LogP contribution < -0.4 is 14.8 Å². The average molecular weight is 278 g/mol. The van der Waals surface area contributed by atoms with Crippen molar-refractivity contribution < 1.29 is 9.47 Å². The number of para-hydroxylation sites is 2. The fraction of sp³-hybridized carbons (Fsp3) is 0.625. The molecule has 1 fully saturated rings. The smallest absolute Gasteiger partial charge is 0.161 e. The molecule has 4 heteroatoms. The van der Waals surface area contributed by atoms with E-state index in [0.29, 0.717) is 18.7 Å². The first-order valence-corrected chi connectivity index (χ1v) is 7.44. The molecule has 0 spiro atoms. The van der Waals surface area contributed by atoms with Gasteiger partial charge in [-0.25, -0.2) is 0 Å². The van der Waals surface area contributed by atoms with Gasteiger partial charge in [0.1, 0.15) is 6.61 Å². The molecule has 0 aromatic heterocycles. The molecule has 1 heterocycles. The highest BCUT2D eigenvalue weighted by Crippen LogP contribution is 2.25. The van der Waals surface area contributed by atoms with E-state index in [4.69, 9.17) is 9.47 Å². The van der Waals surface area contributed by atoms with Gasteiger partial charge in [-0.2, -0.15) is 0 Å². The predicted molar refractivity (Wildman–Crippen MR) is 81.6 cm³/mol. The lowest BCUT2D eigenvalue weighted by atomic mass is 10.2. The fourth-order valence-electron chi connectivity index (χ4n) is 2.64. The van der Waals surface area contributed by atoms with Crippen molar-refractivity contribution in [2.75, 3.05) is 33.4 Å².